The first-order chi connectivity index (χ1) is 8.54. The second-order valence-electron chi connectivity index (χ2n) is 3.77. The van der Waals surface area contributed by atoms with Gasteiger partial charge in [0.1, 0.15) is 6.17 Å². The van der Waals surface area contributed by atoms with Crippen molar-refractivity contribution in [3.8, 4) is 11.5 Å². The quantitative estimate of drug-likeness (QED) is 0.813. The molecule has 0 bridgehead atoms. The number of rotatable bonds is 2. The highest BCUT2D eigenvalue weighted by atomic mass is 16.6. The number of benzene rings is 1. The summed E-state index contributed by atoms with van der Waals surface area (Å²) < 4.78 is 10.3. The monoisotopic (exact) mass is 251 g/mol. The van der Waals surface area contributed by atoms with Crippen LogP contribution in [0.25, 0.3) is 0 Å². The van der Waals surface area contributed by atoms with E-state index >= 15 is 0 Å². The van der Waals surface area contributed by atoms with E-state index in [0.717, 1.165) is 0 Å². The highest BCUT2D eigenvalue weighted by Gasteiger charge is 2.34. The number of urea groups is 1. The van der Waals surface area contributed by atoms with Crippen LogP contribution in [0.3, 0.4) is 0 Å². The largest absolute Gasteiger partial charge is 0.493 e. The van der Waals surface area contributed by atoms with E-state index in [1.807, 2.05) is 0 Å². The highest BCUT2D eigenvalue weighted by molar-refractivity contribution is 5.78. The van der Waals surface area contributed by atoms with E-state index in [9.17, 15) is 9.59 Å². The van der Waals surface area contributed by atoms with E-state index in [1.165, 1.54) is 19.1 Å². The highest BCUT2D eigenvalue weighted by Crippen LogP contribution is 2.39. The summed E-state index contributed by atoms with van der Waals surface area (Å²) in [6.07, 6.45) is -1.26. The fourth-order valence-electron chi connectivity index (χ4n) is 1.80. The summed E-state index contributed by atoms with van der Waals surface area (Å²) in [5.74, 6) is 0.715. The van der Waals surface area contributed by atoms with Crippen LogP contribution in [0.4, 0.5) is 9.59 Å². The SMILES string of the molecule is COc1cccc2c1OC(=O)N(C)C2NC(N)=O. The summed E-state index contributed by atoms with van der Waals surface area (Å²) in [6.45, 7) is 0. The average molecular weight is 251 g/mol. The molecule has 96 valence electrons. The van der Waals surface area contributed by atoms with Gasteiger partial charge in [-0.05, 0) is 6.07 Å². The van der Waals surface area contributed by atoms with Crippen molar-refractivity contribution in [1.29, 1.82) is 0 Å². The molecule has 2 rings (SSSR count). The second kappa shape index (κ2) is 4.44. The number of hydrogen-bond acceptors (Lipinski definition) is 4. The van der Waals surface area contributed by atoms with Gasteiger partial charge in [0, 0.05) is 12.6 Å². The van der Waals surface area contributed by atoms with Crippen LogP contribution in [0, 0.1) is 0 Å². The Labute approximate surface area is 103 Å². The molecule has 3 N–H and O–H groups in total. The number of carbonyl (C=O) groups is 2. The normalized spacial score (nSPS) is 17.8. The number of hydrogen-bond donors (Lipinski definition) is 2. The van der Waals surface area contributed by atoms with Crippen molar-refractivity contribution in [2.75, 3.05) is 14.2 Å². The molecular formula is C11H13N3O4. The van der Waals surface area contributed by atoms with E-state index in [0.29, 0.717) is 17.1 Å². The van der Waals surface area contributed by atoms with Crippen molar-refractivity contribution >= 4 is 12.1 Å². The summed E-state index contributed by atoms with van der Waals surface area (Å²) in [7, 11) is 2.98. The predicted octanol–water partition coefficient (Wildman–Crippen LogP) is 0.806. The van der Waals surface area contributed by atoms with Gasteiger partial charge in [0.2, 0.25) is 0 Å². The molecule has 1 aromatic carbocycles. The van der Waals surface area contributed by atoms with Crippen LogP contribution in [0.5, 0.6) is 11.5 Å². The molecule has 18 heavy (non-hydrogen) atoms. The fraction of sp³-hybridized carbons (Fsp3) is 0.273. The van der Waals surface area contributed by atoms with Crippen LogP contribution in [0.15, 0.2) is 18.2 Å². The number of ether oxygens (including phenoxy) is 2. The topological polar surface area (TPSA) is 93.9 Å². The Morgan fingerprint density at radius 2 is 2.28 bits per heavy atom. The van der Waals surface area contributed by atoms with Crippen LogP contribution in [0.2, 0.25) is 0 Å². The maximum absolute atomic E-state index is 11.7. The Kier molecular flexibility index (Phi) is 2.97. The van der Waals surface area contributed by atoms with Crippen molar-refractivity contribution in [2.24, 2.45) is 5.73 Å². The Bertz CT molecular complexity index is 503. The molecule has 0 saturated carbocycles. The van der Waals surface area contributed by atoms with Gasteiger partial charge in [0.05, 0.1) is 7.11 Å². The zero-order valence-electron chi connectivity index (χ0n) is 9.97. The lowest BCUT2D eigenvalue weighted by Gasteiger charge is -2.33. The number of nitrogens with one attached hydrogen (secondary N) is 1. The minimum atomic E-state index is -0.727. The van der Waals surface area contributed by atoms with Gasteiger partial charge in [-0.2, -0.15) is 0 Å². The number of para-hydroxylation sites is 1. The Hall–Kier alpha value is -2.44. The standard InChI is InChI=1S/C11H13N3O4/c1-14-9(13-10(12)15)6-4-3-5-7(17-2)8(6)18-11(14)16/h3-5,9H,1-2H3,(H3,12,13,15). The van der Waals surface area contributed by atoms with Crippen molar-refractivity contribution in [3.05, 3.63) is 23.8 Å². The van der Waals surface area contributed by atoms with Crippen molar-refractivity contribution < 1.29 is 19.1 Å². The third kappa shape index (κ3) is 1.90. The van der Waals surface area contributed by atoms with Crippen LogP contribution in [-0.2, 0) is 0 Å². The number of methoxy groups -OCH3 is 1. The van der Waals surface area contributed by atoms with E-state index in [2.05, 4.69) is 5.32 Å². The fourth-order valence-corrected chi connectivity index (χ4v) is 1.80. The molecule has 7 nitrogen and oxygen atoms in total. The molecule has 0 radical (unpaired) electrons. The lowest BCUT2D eigenvalue weighted by molar-refractivity contribution is 0.121. The molecule has 0 aliphatic carbocycles. The van der Waals surface area contributed by atoms with E-state index < -0.39 is 18.3 Å². The Balaban J connectivity index is 2.49. The first-order valence-corrected chi connectivity index (χ1v) is 5.22. The van der Waals surface area contributed by atoms with Crippen LogP contribution in [-0.4, -0.2) is 31.2 Å². The first-order valence-electron chi connectivity index (χ1n) is 5.22. The molecule has 1 aromatic rings. The molecular weight excluding hydrogens is 238 g/mol. The Morgan fingerprint density at radius 1 is 1.56 bits per heavy atom. The number of primary amides is 1. The number of fused-ring (bicyclic) bond motifs is 1. The van der Waals surface area contributed by atoms with Gasteiger partial charge in [0.25, 0.3) is 0 Å². The molecule has 0 fully saturated rings. The number of nitrogens with two attached hydrogens (primary N) is 1. The zero-order chi connectivity index (χ0) is 13.3. The third-order valence-electron chi connectivity index (χ3n) is 2.67. The van der Waals surface area contributed by atoms with Gasteiger partial charge >= 0.3 is 12.1 Å². The van der Waals surface area contributed by atoms with E-state index in [-0.39, 0.29) is 0 Å². The smallest absolute Gasteiger partial charge is 0.417 e. The molecule has 0 saturated heterocycles. The first kappa shape index (κ1) is 12.0. The van der Waals surface area contributed by atoms with E-state index in [1.54, 1.807) is 18.2 Å². The van der Waals surface area contributed by atoms with Gasteiger partial charge in [0.15, 0.2) is 11.5 Å². The number of nitrogens with zero attached hydrogens (tertiary/aromatic N) is 1. The maximum Gasteiger partial charge on any atom is 0.417 e. The third-order valence-corrected chi connectivity index (χ3v) is 2.67. The minimum Gasteiger partial charge on any atom is -0.493 e. The van der Waals surface area contributed by atoms with Crippen LogP contribution < -0.4 is 20.5 Å². The summed E-state index contributed by atoms with van der Waals surface area (Å²) >= 11 is 0. The minimum absolute atomic E-state index is 0.293. The molecule has 7 heteroatoms. The summed E-state index contributed by atoms with van der Waals surface area (Å²) in [5.41, 5.74) is 5.71. The van der Waals surface area contributed by atoms with Crippen LogP contribution >= 0.6 is 0 Å². The van der Waals surface area contributed by atoms with Crippen molar-refractivity contribution in [2.45, 2.75) is 6.17 Å². The Morgan fingerprint density at radius 3 is 2.89 bits per heavy atom. The van der Waals surface area contributed by atoms with E-state index in [4.69, 9.17) is 15.2 Å². The van der Waals surface area contributed by atoms with Crippen molar-refractivity contribution in [1.82, 2.24) is 10.2 Å². The number of amides is 3. The summed E-state index contributed by atoms with van der Waals surface area (Å²) in [6, 6.07) is 4.40. The number of carbonyl (C=O) groups excluding carboxylic acids is 2. The molecule has 3 amide bonds. The molecule has 0 spiro atoms. The summed E-state index contributed by atoms with van der Waals surface area (Å²) in [5, 5.41) is 2.48. The van der Waals surface area contributed by atoms with Gasteiger partial charge in [-0.15, -0.1) is 0 Å². The van der Waals surface area contributed by atoms with Gasteiger partial charge in [-0.3, -0.25) is 4.90 Å². The molecule has 1 heterocycles. The maximum atomic E-state index is 11.7. The molecule has 1 aliphatic heterocycles. The van der Waals surface area contributed by atoms with Crippen LogP contribution in [0.1, 0.15) is 11.7 Å². The lowest BCUT2D eigenvalue weighted by Crippen LogP contribution is -2.47. The van der Waals surface area contributed by atoms with Crippen molar-refractivity contribution in [3.63, 3.8) is 0 Å². The molecule has 1 aliphatic rings. The molecule has 1 atom stereocenters. The molecule has 0 aromatic heterocycles. The molecule has 1 unspecified atom stereocenters. The van der Waals surface area contributed by atoms with Gasteiger partial charge in [-0.1, -0.05) is 12.1 Å². The second-order valence-corrected chi connectivity index (χ2v) is 3.77. The lowest BCUT2D eigenvalue weighted by atomic mass is 10.1. The predicted molar refractivity (Wildman–Crippen MR) is 62.2 cm³/mol. The zero-order valence-corrected chi connectivity index (χ0v) is 9.97. The average Bonchev–Trinajstić information content (AvgIpc) is 2.34. The summed E-state index contributed by atoms with van der Waals surface area (Å²) in [4.78, 5) is 23.9. The van der Waals surface area contributed by atoms with Gasteiger partial charge in [-0.25, -0.2) is 9.59 Å². The van der Waals surface area contributed by atoms with Gasteiger partial charge < -0.3 is 20.5 Å².